The predicted octanol–water partition coefficient (Wildman–Crippen LogP) is 3.23. The zero-order valence-corrected chi connectivity index (χ0v) is 11.4. The number of hydrogen-bond acceptors (Lipinski definition) is 2. The summed E-state index contributed by atoms with van der Waals surface area (Å²) >= 11 is 0. The van der Waals surface area contributed by atoms with Crippen LogP contribution in [0.15, 0.2) is 48.5 Å². The van der Waals surface area contributed by atoms with Crippen molar-refractivity contribution in [3.63, 3.8) is 0 Å². The van der Waals surface area contributed by atoms with E-state index in [2.05, 4.69) is 6.07 Å². The summed E-state index contributed by atoms with van der Waals surface area (Å²) in [5.41, 5.74) is 9.73. The topological polar surface area (TPSA) is 43.1 Å². The number of carbonyl (C=O) groups excluding carboxylic acids is 1. The summed E-state index contributed by atoms with van der Waals surface area (Å²) in [5.74, 6) is -0.164. The van der Waals surface area contributed by atoms with Gasteiger partial charge in [-0.25, -0.2) is 0 Å². The van der Waals surface area contributed by atoms with Crippen LogP contribution >= 0.6 is 0 Å². The maximum absolute atomic E-state index is 12.6. The van der Waals surface area contributed by atoms with E-state index in [1.807, 2.05) is 56.3 Å². The van der Waals surface area contributed by atoms with E-state index >= 15 is 0 Å². The number of benzene rings is 2. The van der Waals surface area contributed by atoms with Gasteiger partial charge < -0.3 is 5.73 Å². The normalized spacial score (nSPS) is 12.2. The first-order valence-corrected chi connectivity index (χ1v) is 6.49. The molecule has 2 N–H and O–H groups in total. The van der Waals surface area contributed by atoms with E-state index in [1.54, 1.807) is 0 Å². The van der Waals surface area contributed by atoms with Crippen LogP contribution in [0, 0.1) is 13.8 Å². The van der Waals surface area contributed by atoms with Gasteiger partial charge in [0.2, 0.25) is 0 Å². The minimum Gasteiger partial charge on any atom is -0.329 e. The van der Waals surface area contributed by atoms with Crippen molar-refractivity contribution in [3.8, 4) is 0 Å². The molecule has 0 fully saturated rings. The molecule has 0 aliphatic rings. The quantitative estimate of drug-likeness (QED) is 0.850. The molecule has 2 nitrogen and oxygen atoms in total. The Morgan fingerprint density at radius 1 is 1.05 bits per heavy atom. The summed E-state index contributed by atoms with van der Waals surface area (Å²) in [6.07, 6.45) is 0. The Kier molecular flexibility index (Phi) is 4.13. The summed E-state index contributed by atoms with van der Waals surface area (Å²) in [5, 5.41) is 0. The molecule has 0 aliphatic carbocycles. The predicted molar refractivity (Wildman–Crippen MR) is 78.5 cm³/mol. The third-order valence-electron chi connectivity index (χ3n) is 3.26. The Morgan fingerprint density at radius 2 is 1.63 bits per heavy atom. The van der Waals surface area contributed by atoms with Crippen LogP contribution in [-0.2, 0) is 0 Å². The summed E-state index contributed by atoms with van der Waals surface area (Å²) in [6, 6.07) is 15.7. The van der Waals surface area contributed by atoms with Gasteiger partial charge in [0.1, 0.15) is 0 Å². The molecule has 2 rings (SSSR count). The van der Waals surface area contributed by atoms with Crippen LogP contribution in [0.4, 0.5) is 0 Å². The monoisotopic (exact) mass is 253 g/mol. The number of ketones is 1. The standard InChI is InChI=1S/C17H19NO/c1-12-8-13(2)10-15(9-12)17(19)16(11-18)14-6-4-3-5-7-14/h3-10,16H,11,18H2,1-2H3. The van der Waals surface area contributed by atoms with Crippen LogP contribution in [0.25, 0.3) is 0 Å². The van der Waals surface area contributed by atoms with Gasteiger partial charge >= 0.3 is 0 Å². The number of carbonyl (C=O) groups is 1. The lowest BCUT2D eigenvalue weighted by Crippen LogP contribution is -2.22. The maximum atomic E-state index is 12.6. The Bertz CT molecular complexity index is 555. The van der Waals surface area contributed by atoms with Gasteiger partial charge in [0, 0.05) is 12.1 Å². The van der Waals surface area contributed by atoms with E-state index < -0.39 is 0 Å². The fourth-order valence-corrected chi connectivity index (χ4v) is 2.40. The molecule has 0 saturated carbocycles. The molecular formula is C17H19NO. The van der Waals surface area contributed by atoms with Crippen LogP contribution in [-0.4, -0.2) is 12.3 Å². The summed E-state index contributed by atoms with van der Waals surface area (Å²) < 4.78 is 0. The van der Waals surface area contributed by atoms with Gasteiger partial charge in [0.05, 0.1) is 5.92 Å². The fraction of sp³-hybridized carbons (Fsp3) is 0.235. The van der Waals surface area contributed by atoms with Crippen LogP contribution in [0.2, 0.25) is 0 Å². The zero-order chi connectivity index (χ0) is 13.8. The summed E-state index contributed by atoms with van der Waals surface area (Å²) in [7, 11) is 0. The fourth-order valence-electron chi connectivity index (χ4n) is 2.40. The van der Waals surface area contributed by atoms with Crippen molar-refractivity contribution >= 4 is 5.78 Å². The first-order valence-electron chi connectivity index (χ1n) is 6.49. The van der Waals surface area contributed by atoms with Gasteiger partial charge in [-0.2, -0.15) is 0 Å². The van der Waals surface area contributed by atoms with Crippen LogP contribution in [0.5, 0.6) is 0 Å². The molecule has 0 aliphatic heterocycles. The lowest BCUT2D eigenvalue weighted by molar-refractivity contribution is 0.0962. The molecule has 2 aromatic carbocycles. The minimum atomic E-state index is -0.262. The molecule has 0 bridgehead atoms. The highest BCUT2D eigenvalue weighted by molar-refractivity contribution is 6.01. The zero-order valence-electron chi connectivity index (χ0n) is 11.4. The molecule has 1 unspecified atom stereocenters. The van der Waals surface area contributed by atoms with Crippen molar-refractivity contribution in [2.75, 3.05) is 6.54 Å². The molecule has 1 atom stereocenters. The van der Waals surface area contributed by atoms with E-state index in [9.17, 15) is 4.79 Å². The first kappa shape index (κ1) is 13.5. The van der Waals surface area contributed by atoms with Crippen LogP contribution in [0.1, 0.15) is 33.0 Å². The Balaban J connectivity index is 2.36. The van der Waals surface area contributed by atoms with Gasteiger partial charge in [-0.1, -0.05) is 47.5 Å². The second-order valence-electron chi connectivity index (χ2n) is 4.94. The number of aryl methyl sites for hydroxylation is 2. The van der Waals surface area contributed by atoms with Crippen molar-refractivity contribution in [2.45, 2.75) is 19.8 Å². The smallest absolute Gasteiger partial charge is 0.171 e. The number of hydrogen-bond donors (Lipinski definition) is 1. The van der Waals surface area contributed by atoms with Gasteiger partial charge in [-0.15, -0.1) is 0 Å². The Morgan fingerprint density at radius 3 is 2.16 bits per heavy atom. The molecule has 0 amide bonds. The van der Waals surface area contributed by atoms with Crippen molar-refractivity contribution in [1.82, 2.24) is 0 Å². The summed E-state index contributed by atoms with van der Waals surface area (Å²) in [4.78, 5) is 12.6. The number of nitrogens with two attached hydrogens (primary N) is 1. The molecule has 0 spiro atoms. The van der Waals surface area contributed by atoms with Crippen molar-refractivity contribution in [3.05, 3.63) is 70.8 Å². The van der Waals surface area contributed by atoms with Crippen molar-refractivity contribution in [2.24, 2.45) is 5.73 Å². The van der Waals surface area contributed by atoms with Gasteiger partial charge in [0.25, 0.3) is 0 Å². The van der Waals surface area contributed by atoms with E-state index in [1.165, 1.54) is 0 Å². The molecular weight excluding hydrogens is 234 g/mol. The lowest BCUT2D eigenvalue weighted by atomic mass is 9.89. The largest absolute Gasteiger partial charge is 0.329 e. The van der Waals surface area contributed by atoms with E-state index in [-0.39, 0.29) is 11.7 Å². The lowest BCUT2D eigenvalue weighted by Gasteiger charge is -2.15. The summed E-state index contributed by atoms with van der Waals surface area (Å²) in [6.45, 7) is 4.34. The van der Waals surface area contributed by atoms with Crippen molar-refractivity contribution < 1.29 is 4.79 Å². The second-order valence-corrected chi connectivity index (χ2v) is 4.94. The molecule has 0 aromatic heterocycles. The Labute approximate surface area is 114 Å². The third kappa shape index (κ3) is 3.09. The van der Waals surface area contributed by atoms with Crippen LogP contribution in [0.3, 0.4) is 0 Å². The molecule has 2 heteroatoms. The SMILES string of the molecule is Cc1cc(C)cc(C(=O)C(CN)c2ccccc2)c1. The van der Waals surface area contributed by atoms with Crippen LogP contribution < -0.4 is 5.73 Å². The van der Waals surface area contributed by atoms with Gasteiger partial charge in [-0.05, 0) is 31.5 Å². The average molecular weight is 253 g/mol. The molecule has 0 saturated heterocycles. The van der Waals surface area contributed by atoms with Crippen molar-refractivity contribution in [1.29, 1.82) is 0 Å². The highest BCUT2D eigenvalue weighted by Gasteiger charge is 2.20. The molecule has 98 valence electrons. The average Bonchev–Trinajstić information content (AvgIpc) is 2.39. The highest BCUT2D eigenvalue weighted by Crippen LogP contribution is 2.21. The van der Waals surface area contributed by atoms with E-state index in [0.717, 1.165) is 22.3 Å². The van der Waals surface area contributed by atoms with E-state index in [4.69, 9.17) is 5.73 Å². The highest BCUT2D eigenvalue weighted by atomic mass is 16.1. The second kappa shape index (κ2) is 5.81. The first-order chi connectivity index (χ1) is 9.11. The Hall–Kier alpha value is -1.93. The molecule has 0 heterocycles. The van der Waals surface area contributed by atoms with E-state index in [0.29, 0.717) is 6.54 Å². The van der Waals surface area contributed by atoms with Gasteiger partial charge in [0.15, 0.2) is 5.78 Å². The molecule has 19 heavy (non-hydrogen) atoms. The number of rotatable bonds is 4. The third-order valence-corrected chi connectivity index (χ3v) is 3.26. The molecule has 2 aromatic rings. The van der Waals surface area contributed by atoms with Gasteiger partial charge in [-0.3, -0.25) is 4.79 Å². The molecule has 0 radical (unpaired) electrons. The minimum absolute atomic E-state index is 0.0977. The number of Topliss-reactive ketones (excluding diaryl/α,β-unsaturated/α-hetero) is 1. The maximum Gasteiger partial charge on any atom is 0.171 e.